The van der Waals surface area contributed by atoms with E-state index >= 15 is 0 Å². The summed E-state index contributed by atoms with van der Waals surface area (Å²) in [5.41, 5.74) is 0.396. The molecule has 0 aromatic heterocycles. The predicted molar refractivity (Wildman–Crippen MR) is 78.4 cm³/mol. The van der Waals surface area contributed by atoms with Gasteiger partial charge in [-0.2, -0.15) is 0 Å². The van der Waals surface area contributed by atoms with Crippen LogP contribution in [0.4, 0.5) is 0 Å². The van der Waals surface area contributed by atoms with E-state index in [1.54, 1.807) is 0 Å². The zero-order chi connectivity index (χ0) is 13.9. The van der Waals surface area contributed by atoms with Crippen LogP contribution in [0.2, 0.25) is 0 Å². The van der Waals surface area contributed by atoms with Gasteiger partial charge in [0.05, 0.1) is 19.3 Å². The number of hydrogen-bond donors (Lipinski definition) is 1. The van der Waals surface area contributed by atoms with E-state index in [-0.39, 0.29) is 0 Å². The molecule has 0 amide bonds. The van der Waals surface area contributed by atoms with Crippen LogP contribution in [0.25, 0.3) is 0 Å². The Morgan fingerprint density at radius 1 is 1.21 bits per heavy atom. The molecule has 1 saturated carbocycles. The molecule has 0 aromatic carbocycles. The van der Waals surface area contributed by atoms with Gasteiger partial charge in [-0.3, -0.25) is 0 Å². The third kappa shape index (κ3) is 4.17. The van der Waals surface area contributed by atoms with Gasteiger partial charge in [-0.1, -0.05) is 27.7 Å². The van der Waals surface area contributed by atoms with Gasteiger partial charge in [-0.25, -0.2) is 0 Å². The molecule has 1 aliphatic heterocycles. The lowest BCUT2D eigenvalue weighted by Gasteiger charge is -2.44. The lowest BCUT2D eigenvalue weighted by molar-refractivity contribution is -0.172. The van der Waals surface area contributed by atoms with Crippen LogP contribution in [-0.2, 0) is 9.47 Å². The smallest absolute Gasteiger partial charge is 0.105 e. The topological polar surface area (TPSA) is 30.5 Å². The van der Waals surface area contributed by atoms with Crippen LogP contribution in [0.1, 0.15) is 53.4 Å². The quantitative estimate of drug-likeness (QED) is 0.832. The molecule has 1 N–H and O–H groups in total. The molecule has 3 heteroatoms. The van der Waals surface area contributed by atoms with Crippen molar-refractivity contribution < 1.29 is 9.47 Å². The molecule has 0 spiro atoms. The molecule has 112 valence electrons. The summed E-state index contributed by atoms with van der Waals surface area (Å²) >= 11 is 0. The van der Waals surface area contributed by atoms with Crippen molar-refractivity contribution in [3.05, 3.63) is 0 Å². The Morgan fingerprint density at radius 3 is 2.47 bits per heavy atom. The average Bonchev–Trinajstić information content (AvgIpc) is 2.30. The summed E-state index contributed by atoms with van der Waals surface area (Å²) in [6.07, 6.45) is 5.68. The number of nitrogens with one attached hydrogen (secondary N) is 1. The van der Waals surface area contributed by atoms with Gasteiger partial charge in [0.15, 0.2) is 0 Å². The molecule has 3 atom stereocenters. The molecule has 19 heavy (non-hydrogen) atoms. The summed E-state index contributed by atoms with van der Waals surface area (Å²) in [4.78, 5) is 0. The SMILES string of the molecule is CCCNC1CCC(C(C)(C)C)CC1OC1COC1. The van der Waals surface area contributed by atoms with E-state index in [4.69, 9.17) is 9.47 Å². The molecule has 0 radical (unpaired) electrons. The van der Waals surface area contributed by atoms with Crippen LogP contribution in [0.3, 0.4) is 0 Å². The Kier molecular flexibility index (Phi) is 5.27. The van der Waals surface area contributed by atoms with Crippen molar-refractivity contribution in [1.82, 2.24) is 5.32 Å². The lowest BCUT2D eigenvalue weighted by atomic mass is 9.70. The van der Waals surface area contributed by atoms with Crippen LogP contribution >= 0.6 is 0 Å². The molecule has 2 fully saturated rings. The van der Waals surface area contributed by atoms with Gasteiger partial charge in [0, 0.05) is 6.04 Å². The Hall–Kier alpha value is -0.120. The first-order valence-corrected chi connectivity index (χ1v) is 7.97. The van der Waals surface area contributed by atoms with Crippen molar-refractivity contribution in [3.8, 4) is 0 Å². The standard InChI is InChI=1S/C16H31NO2/c1-5-8-17-14-7-6-12(16(2,3)4)9-15(14)19-13-10-18-11-13/h12-15,17H,5-11H2,1-4H3. The molecule has 0 aromatic rings. The van der Waals surface area contributed by atoms with E-state index in [2.05, 4.69) is 33.0 Å². The van der Waals surface area contributed by atoms with Crippen LogP contribution in [-0.4, -0.2) is 38.0 Å². The van der Waals surface area contributed by atoms with E-state index in [0.29, 0.717) is 23.7 Å². The number of hydrogen-bond acceptors (Lipinski definition) is 3. The molecule has 3 nitrogen and oxygen atoms in total. The zero-order valence-corrected chi connectivity index (χ0v) is 13.1. The van der Waals surface area contributed by atoms with Crippen molar-refractivity contribution in [2.75, 3.05) is 19.8 Å². The maximum atomic E-state index is 6.27. The van der Waals surface area contributed by atoms with Crippen molar-refractivity contribution in [1.29, 1.82) is 0 Å². The zero-order valence-electron chi connectivity index (χ0n) is 13.1. The minimum atomic E-state index is 0.342. The van der Waals surface area contributed by atoms with Crippen molar-refractivity contribution in [2.45, 2.75) is 71.6 Å². The fourth-order valence-electron chi connectivity index (χ4n) is 3.17. The summed E-state index contributed by atoms with van der Waals surface area (Å²) in [7, 11) is 0. The maximum absolute atomic E-state index is 6.27. The second-order valence-corrected chi connectivity index (χ2v) is 7.27. The molecule has 2 rings (SSSR count). The Morgan fingerprint density at radius 2 is 1.95 bits per heavy atom. The third-order valence-electron chi connectivity index (χ3n) is 4.65. The molecule has 2 aliphatic rings. The highest BCUT2D eigenvalue weighted by Gasteiger charge is 2.38. The summed E-state index contributed by atoms with van der Waals surface area (Å²) in [5, 5.41) is 3.68. The molecule has 1 aliphatic carbocycles. The molecule has 1 heterocycles. The van der Waals surface area contributed by atoms with E-state index in [1.165, 1.54) is 25.7 Å². The van der Waals surface area contributed by atoms with Crippen LogP contribution < -0.4 is 5.32 Å². The van der Waals surface area contributed by atoms with E-state index < -0.39 is 0 Å². The molecule has 3 unspecified atom stereocenters. The van der Waals surface area contributed by atoms with Gasteiger partial charge in [0.1, 0.15) is 6.10 Å². The summed E-state index contributed by atoms with van der Waals surface area (Å²) in [6.45, 7) is 12.0. The van der Waals surface area contributed by atoms with Crippen LogP contribution in [0, 0.1) is 11.3 Å². The van der Waals surface area contributed by atoms with Crippen molar-refractivity contribution in [3.63, 3.8) is 0 Å². The Balaban J connectivity index is 1.92. The van der Waals surface area contributed by atoms with Gasteiger partial charge in [0.25, 0.3) is 0 Å². The highest BCUT2D eigenvalue weighted by atomic mass is 16.6. The van der Waals surface area contributed by atoms with Gasteiger partial charge in [-0.15, -0.1) is 0 Å². The van der Waals surface area contributed by atoms with Gasteiger partial charge >= 0.3 is 0 Å². The van der Waals surface area contributed by atoms with E-state index in [1.807, 2.05) is 0 Å². The monoisotopic (exact) mass is 269 g/mol. The normalized spacial score (nSPS) is 33.2. The summed E-state index contributed by atoms with van der Waals surface area (Å²) in [5.74, 6) is 0.776. The van der Waals surface area contributed by atoms with Gasteiger partial charge in [0.2, 0.25) is 0 Å². The second-order valence-electron chi connectivity index (χ2n) is 7.27. The fourth-order valence-corrected chi connectivity index (χ4v) is 3.17. The minimum absolute atomic E-state index is 0.342. The Bertz CT molecular complexity index is 270. The Labute approximate surface area is 118 Å². The molecular weight excluding hydrogens is 238 g/mol. The summed E-state index contributed by atoms with van der Waals surface area (Å²) < 4.78 is 11.5. The minimum Gasteiger partial charge on any atom is -0.376 e. The maximum Gasteiger partial charge on any atom is 0.105 e. The molecular formula is C16H31NO2. The second kappa shape index (κ2) is 6.55. The van der Waals surface area contributed by atoms with Crippen molar-refractivity contribution in [2.24, 2.45) is 11.3 Å². The van der Waals surface area contributed by atoms with Gasteiger partial charge in [-0.05, 0) is 43.6 Å². The lowest BCUT2D eigenvalue weighted by Crippen LogP contribution is -2.51. The van der Waals surface area contributed by atoms with E-state index in [9.17, 15) is 0 Å². The molecule has 0 bridgehead atoms. The highest BCUT2D eigenvalue weighted by molar-refractivity contribution is 4.90. The van der Waals surface area contributed by atoms with Crippen LogP contribution in [0.5, 0.6) is 0 Å². The first-order chi connectivity index (χ1) is 9.00. The first-order valence-electron chi connectivity index (χ1n) is 7.97. The van der Waals surface area contributed by atoms with E-state index in [0.717, 1.165) is 25.7 Å². The highest BCUT2D eigenvalue weighted by Crippen LogP contribution is 2.39. The third-order valence-corrected chi connectivity index (χ3v) is 4.65. The van der Waals surface area contributed by atoms with Crippen molar-refractivity contribution >= 4 is 0 Å². The van der Waals surface area contributed by atoms with Crippen LogP contribution in [0.15, 0.2) is 0 Å². The number of ether oxygens (including phenoxy) is 2. The largest absolute Gasteiger partial charge is 0.376 e. The summed E-state index contributed by atoms with van der Waals surface area (Å²) in [6, 6.07) is 0.541. The number of rotatable bonds is 5. The van der Waals surface area contributed by atoms with Gasteiger partial charge < -0.3 is 14.8 Å². The first kappa shape index (κ1) is 15.3. The molecule has 1 saturated heterocycles. The average molecular weight is 269 g/mol. The predicted octanol–water partition coefficient (Wildman–Crippen LogP) is 2.98. The fraction of sp³-hybridized carbons (Fsp3) is 1.00.